The lowest BCUT2D eigenvalue weighted by Gasteiger charge is -1.89. The van der Waals surface area contributed by atoms with Crippen molar-refractivity contribution in [1.82, 2.24) is 0 Å². The number of hydrogen-bond donors (Lipinski definition) is 0. The molecule has 9 heavy (non-hydrogen) atoms. The largest absolute Gasteiger partial charge is 0.0936 e. The summed E-state index contributed by atoms with van der Waals surface area (Å²) in [6.45, 7) is 2.19. The van der Waals surface area contributed by atoms with Gasteiger partial charge in [0.05, 0.1) is 8.41 Å². The summed E-state index contributed by atoms with van der Waals surface area (Å²) in [6, 6.07) is 10.5. The zero-order valence-electron chi connectivity index (χ0n) is 4.89. The highest BCUT2D eigenvalue weighted by Crippen LogP contribution is 2.00. The minimum atomic E-state index is 0. The SMILES string of the molecule is B.CPc1ccccc1. The molecule has 1 unspecified atom stereocenters. The van der Waals surface area contributed by atoms with Gasteiger partial charge in [0.2, 0.25) is 0 Å². The third kappa shape index (κ3) is 2.67. The van der Waals surface area contributed by atoms with Crippen LogP contribution in [-0.4, -0.2) is 15.1 Å². The molecule has 0 aliphatic carbocycles. The fourth-order valence-corrected chi connectivity index (χ4v) is 1.13. The van der Waals surface area contributed by atoms with Gasteiger partial charge in [0, 0.05) is 0 Å². The molecule has 0 amide bonds. The lowest BCUT2D eigenvalue weighted by Crippen LogP contribution is -1.87. The standard InChI is InChI=1S/C7H9P.BH3/c1-8-7-5-3-2-4-6-7;/h2-6,8H,1H3;1H3. The molecule has 0 aliphatic rings. The number of hydrogen-bond acceptors (Lipinski definition) is 0. The maximum absolute atomic E-state index is 2.19. The van der Waals surface area contributed by atoms with Crippen LogP contribution in [0.1, 0.15) is 0 Å². The van der Waals surface area contributed by atoms with Gasteiger partial charge in [0.1, 0.15) is 0 Å². The Morgan fingerprint density at radius 2 is 1.67 bits per heavy atom. The first-order chi connectivity index (χ1) is 3.93. The predicted octanol–water partition coefficient (Wildman–Crippen LogP) is 0.436. The summed E-state index contributed by atoms with van der Waals surface area (Å²) in [5.74, 6) is 0. The zero-order valence-corrected chi connectivity index (χ0v) is 5.89. The summed E-state index contributed by atoms with van der Waals surface area (Å²) in [5, 5.41) is 1.44. The molecular formula is C7H12BP. The smallest absolute Gasteiger partial charge is 0.0814 e. The quantitative estimate of drug-likeness (QED) is 0.390. The van der Waals surface area contributed by atoms with E-state index in [2.05, 4.69) is 30.9 Å². The summed E-state index contributed by atoms with van der Waals surface area (Å²) in [6.07, 6.45) is 0. The van der Waals surface area contributed by atoms with Gasteiger partial charge in [-0.2, -0.15) is 0 Å². The maximum atomic E-state index is 2.19. The van der Waals surface area contributed by atoms with E-state index in [0.717, 1.165) is 8.58 Å². The third-order valence-corrected chi connectivity index (χ3v) is 1.97. The Bertz CT molecular complexity index is 150. The molecule has 0 spiro atoms. The molecule has 0 aromatic heterocycles. The van der Waals surface area contributed by atoms with Crippen LogP contribution >= 0.6 is 8.58 Å². The van der Waals surface area contributed by atoms with E-state index >= 15 is 0 Å². The first kappa shape index (κ1) is 8.71. The molecule has 1 aromatic rings. The molecule has 0 heterocycles. The Kier molecular flexibility index (Phi) is 4.44. The topological polar surface area (TPSA) is 0 Å². The van der Waals surface area contributed by atoms with E-state index in [-0.39, 0.29) is 8.41 Å². The second-order valence-corrected chi connectivity index (χ2v) is 2.69. The van der Waals surface area contributed by atoms with Gasteiger partial charge in [-0.1, -0.05) is 38.9 Å². The molecule has 0 aliphatic heterocycles. The van der Waals surface area contributed by atoms with Crippen LogP contribution in [0.5, 0.6) is 0 Å². The van der Waals surface area contributed by atoms with Crippen LogP contribution in [0.2, 0.25) is 0 Å². The van der Waals surface area contributed by atoms with Crippen LogP contribution in [0, 0.1) is 0 Å². The molecule has 0 saturated carbocycles. The third-order valence-electron chi connectivity index (χ3n) is 1.06. The fraction of sp³-hybridized carbons (Fsp3) is 0.143. The number of benzene rings is 1. The molecule has 1 atom stereocenters. The minimum Gasteiger partial charge on any atom is -0.0936 e. The van der Waals surface area contributed by atoms with Crippen molar-refractivity contribution in [2.45, 2.75) is 0 Å². The zero-order chi connectivity index (χ0) is 5.82. The second kappa shape index (κ2) is 4.58. The highest BCUT2D eigenvalue weighted by molar-refractivity contribution is 7.46. The van der Waals surface area contributed by atoms with Crippen LogP contribution in [0.25, 0.3) is 0 Å². The predicted molar refractivity (Wildman–Crippen MR) is 50.3 cm³/mol. The molecule has 1 rings (SSSR count). The summed E-state index contributed by atoms with van der Waals surface area (Å²) in [4.78, 5) is 0. The van der Waals surface area contributed by atoms with Gasteiger partial charge < -0.3 is 0 Å². The van der Waals surface area contributed by atoms with E-state index in [1.54, 1.807) is 0 Å². The molecule has 0 radical (unpaired) electrons. The van der Waals surface area contributed by atoms with Gasteiger partial charge in [-0.15, -0.1) is 0 Å². The molecule has 0 nitrogen and oxygen atoms in total. The van der Waals surface area contributed by atoms with Gasteiger partial charge in [-0.05, 0) is 12.0 Å². The van der Waals surface area contributed by atoms with E-state index in [1.165, 1.54) is 5.30 Å². The lowest BCUT2D eigenvalue weighted by atomic mass is 10.4. The maximum Gasteiger partial charge on any atom is 0.0814 e. The van der Waals surface area contributed by atoms with Crippen LogP contribution in [0.15, 0.2) is 30.3 Å². The van der Waals surface area contributed by atoms with E-state index in [4.69, 9.17) is 0 Å². The molecule has 1 aromatic carbocycles. The van der Waals surface area contributed by atoms with Crippen LogP contribution in [0.3, 0.4) is 0 Å². The van der Waals surface area contributed by atoms with E-state index in [9.17, 15) is 0 Å². The lowest BCUT2D eigenvalue weighted by molar-refractivity contribution is 1.78. The van der Waals surface area contributed by atoms with Crippen molar-refractivity contribution in [2.24, 2.45) is 0 Å². The second-order valence-electron chi connectivity index (χ2n) is 1.62. The van der Waals surface area contributed by atoms with Gasteiger partial charge in [0.25, 0.3) is 0 Å². The Morgan fingerprint density at radius 1 is 1.11 bits per heavy atom. The summed E-state index contributed by atoms with van der Waals surface area (Å²) < 4.78 is 0. The fourth-order valence-electron chi connectivity index (χ4n) is 0.605. The van der Waals surface area contributed by atoms with Crippen molar-refractivity contribution in [1.29, 1.82) is 0 Å². The van der Waals surface area contributed by atoms with E-state index < -0.39 is 0 Å². The van der Waals surface area contributed by atoms with E-state index in [0.29, 0.717) is 0 Å². The molecule has 48 valence electrons. The Labute approximate surface area is 60.0 Å². The van der Waals surface area contributed by atoms with Crippen molar-refractivity contribution in [3.05, 3.63) is 30.3 Å². The van der Waals surface area contributed by atoms with Crippen LogP contribution < -0.4 is 5.30 Å². The normalized spacial score (nSPS) is 9.44. The number of rotatable bonds is 1. The Hall–Kier alpha value is -0.285. The van der Waals surface area contributed by atoms with Gasteiger partial charge in [-0.3, -0.25) is 0 Å². The highest BCUT2D eigenvalue weighted by atomic mass is 31.1. The minimum absolute atomic E-state index is 0. The molecular weight excluding hydrogens is 126 g/mol. The summed E-state index contributed by atoms with van der Waals surface area (Å²) in [5.41, 5.74) is 0. The first-order valence-corrected chi connectivity index (χ1v) is 4.16. The van der Waals surface area contributed by atoms with Gasteiger partial charge in [0.15, 0.2) is 0 Å². The molecule has 0 N–H and O–H groups in total. The molecule has 0 bridgehead atoms. The molecule has 2 heteroatoms. The first-order valence-electron chi connectivity index (χ1n) is 2.66. The Morgan fingerprint density at radius 3 is 2.00 bits per heavy atom. The Balaban J connectivity index is 0.000000640. The monoisotopic (exact) mass is 138 g/mol. The van der Waals surface area contributed by atoms with Gasteiger partial charge in [-0.25, -0.2) is 0 Å². The van der Waals surface area contributed by atoms with Crippen molar-refractivity contribution < 1.29 is 0 Å². The van der Waals surface area contributed by atoms with Crippen molar-refractivity contribution in [2.75, 3.05) is 6.66 Å². The molecule has 0 saturated heterocycles. The summed E-state index contributed by atoms with van der Waals surface area (Å²) in [7, 11) is 0.930. The average molecular weight is 138 g/mol. The van der Waals surface area contributed by atoms with Crippen molar-refractivity contribution in [3.63, 3.8) is 0 Å². The van der Waals surface area contributed by atoms with E-state index in [1.807, 2.05) is 6.07 Å². The van der Waals surface area contributed by atoms with Gasteiger partial charge >= 0.3 is 0 Å². The van der Waals surface area contributed by atoms with Crippen molar-refractivity contribution >= 4 is 22.3 Å². The van der Waals surface area contributed by atoms with Crippen LogP contribution in [-0.2, 0) is 0 Å². The average Bonchev–Trinajstić information content (AvgIpc) is 1.90. The summed E-state index contributed by atoms with van der Waals surface area (Å²) >= 11 is 0. The van der Waals surface area contributed by atoms with Crippen molar-refractivity contribution in [3.8, 4) is 0 Å². The van der Waals surface area contributed by atoms with Crippen LogP contribution in [0.4, 0.5) is 0 Å². The highest BCUT2D eigenvalue weighted by Gasteiger charge is 1.79. The molecule has 0 fully saturated rings.